The predicted molar refractivity (Wildman–Crippen MR) is 365 cm³/mol. The van der Waals surface area contributed by atoms with Crippen LogP contribution in [0.5, 0.6) is 0 Å². The van der Waals surface area contributed by atoms with Crippen LogP contribution < -0.4 is 31.6 Å². The van der Waals surface area contributed by atoms with Gasteiger partial charge in [-0.05, 0) is 111 Å². The molecule has 6 aromatic rings. The number of rotatable bonds is 16. The van der Waals surface area contributed by atoms with Gasteiger partial charge in [0.15, 0.2) is 0 Å². The molecule has 4 saturated heterocycles. The van der Waals surface area contributed by atoms with Crippen LogP contribution in [-0.4, -0.2) is 204 Å². The van der Waals surface area contributed by atoms with Crippen LogP contribution in [0, 0.1) is 11.6 Å². The molecule has 94 heavy (non-hydrogen) atoms. The summed E-state index contributed by atoms with van der Waals surface area (Å²) in [6.45, 7) is 26.2. The van der Waals surface area contributed by atoms with Gasteiger partial charge in [0.1, 0.15) is 11.6 Å². The molecule has 18 nitrogen and oxygen atoms in total. The van der Waals surface area contributed by atoms with Gasteiger partial charge in [-0.2, -0.15) is 0 Å². The number of H-pyrrole nitrogens is 2. The first-order chi connectivity index (χ1) is 44.9. The molecule has 0 spiro atoms. The van der Waals surface area contributed by atoms with Gasteiger partial charge in [0.05, 0.1) is 24.5 Å². The average Bonchev–Trinajstić information content (AvgIpc) is 1.60. The topological polar surface area (TPSA) is 184 Å². The van der Waals surface area contributed by atoms with Crippen molar-refractivity contribution in [1.29, 1.82) is 0 Å². The molecular weight excluding hydrogens is 1190 g/mol. The number of carbonyl (C=O) groups excluding carboxylic acids is 4. The Balaban J connectivity index is 0.601. The number of aromatic amines is 2. The number of piperazine rings is 4. The molecule has 0 saturated carbocycles. The van der Waals surface area contributed by atoms with E-state index in [2.05, 4.69) is 67.9 Å². The van der Waals surface area contributed by atoms with Crippen molar-refractivity contribution in [3.8, 4) is 0 Å². The molecule has 0 radical (unpaired) electrons. The lowest BCUT2D eigenvalue weighted by Crippen LogP contribution is -2.63. The molecule has 20 heteroatoms. The van der Waals surface area contributed by atoms with E-state index in [4.69, 9.17) is 0 Å². The average molecular weight is 1280 g/mol. The number of anilines is 2. The van der Waals surface area contributed by atoms with Crippen LogP contribution >= 0.6 is 0 Å². The van der Waals surface area contributed by atoms with Gasteiger partial charge in [0.2, 0.25) is 11.8 Å². The zero-order chi connectivity index (χ0) is 66.3. The molecule has 4 aromatic carbocycles. The molecule has 6 aliphatic heterocycles. The van der Waals surface area contributed by atoms with Gasteiger partial charge in [-0.1, -0.05) is 88.4 Å². The summed E-state index contributed by atoms with van der Waals surface area (Å²) in [4.78, 5) is 107. The highest BCUT2D eigenvalue weighted by molar-refractivity contribution is 5.99. The number of halogens is 2. The van der Waals surface area contributed by atoms with E-state index in [1.807, 2.05) is 120 Å². The SMILES string of the molecule is C[C@@H]1CN(CC(=O)N2CC(C)(C)c3[nH]c(=O)c(Cc4ccc(F)cc4)cc32)[C@@H](CN2CCN(C(=O)c3ccc(/C=C/c4ccc(C(=O)N5CCN(C[C@H]6CN[C@H](C)CN6CC(=O)N6CC(C)(C)c7[nH]c(=O)c(Cc8ccc(F)cc8)cc76)[C@H](C)C5)cc4)cc3)C[C@H]2C)CN1. The molecule has 12 rings (SSSR count). The second-order valence-electron chi connectivity index (χ2n) is 28.7. The second kappa shape index (κ2) is 27.4. The number of nitrogens with zero attached hydrogens (tertiary/aromatic N) is 8. The van der Waals surface area contributed by atoms with E-state index in [1.165, 1.54) is 24.3 Å². The van der Waals surface area contributed by atoms with Crippen LogP contribution in [0.25, 0.3) is 12.2 Å². The molecule has 2 aromatic heterocycles. The molecule has 0 bridgehead atoms. The lowest BCUT2D eigenvalue weighted by molar-refractivity contribution is -0.121. The monoisotopic (exact) mass is 1280 g/mol. The highest BCUT2D eigenvalue weighted by atomic mass is 19.1. The van der Waals surface area contributed by atoms with Gasteiger partial charge in [-0.15, -0.1) is 0 Å². The maximum absolute atomic E-state index is 14.4. The molecular formula is C74H90F2N12O6. The number of amides is 4. The Labute approximate surface area is 550 Å². The van der Waals surface area contributed by atoms with E-state index in [0.29, 0.717) is 101 Å². The van der Waals surface area contributed by atoms with Crippen LogP contribution in [0.3, 0.4) is 0 Å². The minimum atomic E-state index is -0.451. The maximum atomic E-state index is 14.4. The van der Waals surface area contributed by atoms with Crippen molar-refractivity contribution in [2.45, 2.75) is 115 Å². The van der Waals surface area contributed by atoms with Crippen LogP contribution in [-0.2, 0) is 33.3 Å². The van der Waals surface area contributed by atoms with Crippen LogP contribution in [0.15, 0.2) is 119 Å². The summed E-state index contributed by atoms with van der Waals surface area (Å²) in [6.07, 6.45) is 4.66. The first-order valence-electron chi connectivity index (χ1n) is 33.4. The summed E-state index contributed by atoms with van der Waals surface area (Å²) >= 11 is 0. The summed E-state index contributed by atoms with van der Waals surface area (Å²) < 4.78 is 27.4. The Kier molecular flexibility index (Phi) is 19.3. The third-order valence-electron chi connectivity index (χ3n) is 20.4. The lowest BCUT2D eigenvalue weighted by atomic mass is 9.91. The normalized spacial score (nSPS) is 23.4. The fourth-order valence-corrected chi connectivity index (χ4v) is 14.9. The number of hydrogen-bond donors (Lipinski definition) is 4. The van der Waals surface area contributed by atoms with Gasteiger partial charge in [-0.3, -0.25) is 48.4 Å². The first kappa shape index (κ1) is 66.1. The highest BCUT2D eigenvalue weighted by Gasteiger charge is 2.44. The van der Waals surface area contributed by atoms with E-state index < -0.39 is 10.8 Å². The van der Waals surface area contributed by atoms with Crippen molar-refractivity contribution in [3.05, 3.63) is 197 Å². The molecule has 4 amide bonds. The summed E-state index contributed by atoms with van der Waals surface area (Å²) in [5.41, 5.74) is 7.46. The molecule has 4 N–H and O–H groups in total. The zero-order valence-electron chi connectivity index (χ0n) is 55.5. The Hall–Kier alpha value is -7.98. The number of nitrogens with one attached hydrogen (secondary N) is 4. The van der Waals surface area contributed by atoms with Crippen LogP contribution in [0.1, 0.15) is 121 Å². The first-order valence-corrected chi connectivity index (χ1v) is 33.4. The fraction of sp³-hybridized carbons (Fsp3) is 0.459. The van der Waals surface area contributed by atoms with E-state index in [9.17, 15) is 37.5 Å². The van der Waals surface area contributed by atoms with Crippen molar-refractivity contribution in [2.75, 3.05) is 115 Å². The Bertz CT molecular complexity index is 3680. The van der Waals surface area contributed by atoms with Gasteiger partial charge < -0.3 is 40.2 Å². The Morgan fingerprint density at radius 3 is 1.23 bits per heavy atom. The van der Waals surface area contributed by atoms with Crippen LogP contribution in [0.4, 0.5) is 20.2 Å². The van der Waals surface area contributed by atoms with Gasteiger partial charge in [-0.25, -0.2) is 8.78 Å². The standard InChI is InChI=1S/C74H90F2N12O6/c1-47-37-85(43-65(89)87-45-73(5,6)67-63(87)33-57(69(91)79-67)31-53-15-23-59(75)24-16-53)61(35-77-47)41-81-27-29-83(39-49(81)3)71(93)55-19-11-51(12-20-55)9-10-52-13-21-56(22-14-52)72(94)84-30-28-82(50(4)40-84)42-62-36-78-48(2)38-86(62)44-66(90)88-46-74(7,8)68-64(88)34-58(70(92)80-68)32-54-17-25-60(76)26-18-54/h9-26,33-34,47-50,61-62,77-78H,27-32,35-46H2,1-8H3,(H,79,91)(H,80,92)/b10-9+/t47-,48-,49-,50-,61-,62-/m1/s1. The minimum absolute atomic E-state index is 0.00617. The molecule has 496 valence electrons. The number of pyridine rings is 2. The van der Waals surface area contributed by atoms with Gasteiger partial charge >= 0.3 is 0 Å². The van der Waals surface area contributed by atoms with Crippen molar-refractivity contribution in [3.63, 3.8) is 0 Å². The molecule has 4 fully saturated rings. The number of benzene rings is 4. The summed E-state index contributed by atoms with van der Waals surface area (Å²) in [6, 6.07) is 32.0. The van der Waals surface area contributed by atoms with Crippen molar-refractivity contribution < 1.29 is 28.0 Å². The molecule has 8 heterocycles. The fourth-order valence-electron chi connectivity index (χ4n) is 14.9. The van der Waals surface area contributed by atoms with Crippen molar-refractivity contribution in [2.24, 2.45) is 0 Å². The summed E-state index contributed by atoms with van der Waals surface area (Å²) in [7, 11) is 0. The Morgan fingerprint density at radius 2 is 0.872 bits per heavy atom. The number of carbonyl (C=O) groups is 4. The predicted octanol–water partition coefficient (Wildman–Crippen LogP) is 6.96. The third-order valence-corrected chi connectivity index (χ3v) is 20.4. The minimum Gasteiger partial charge on any atom is -0.336 e. The van der Waals surface area contributed by atoms with Gasteiger partial charge in [0.25, 0.3) is 22.9 Å². The summed E-state index contributed by atoms with van der Waals surface area (Å²) in [5, 5.41) is 7.27. The van der Waals surface area contributed by atoms with Crippen molar-refractivity contribution in [1.82, 2.24) is 50.0 Å². The number of aromatic nitrogens is 2. The molecule has 6 aliphatic rings. The van der Waals surface area contributed by atoms with Gasteiger partial charge in [0, 0.05) is 185 Å². The van der Waals surface area contributed by atoms with E-state index in [-0.39, 0.29) is 95.7 Å². The molecule has 0 unspecified atom stereocenters. The maximum Gasteiger partial charge on any atom is 0.253 e. The number of hydrogen-bond acceptors (Lipinski definition) is 12. The largest absolute Gasteiger partial charge is 0.336 e. The number of fused-ring (bicyclic) bond motifs is 2. The third kappa shape index (κ3) is 14.6. The zero-order valence-corrected chi connectivity index (χ0v) is 55.5. The van der Waals surface area contributed by atoms with Crippen molar-refractivity contribution >= 4 is 47.2 Å². The smallest absolute Gasteiger partial charge is 0.253 e. The van der Waals surface area contributed by atoms with E-state index in [1.54, 1.807) is 24.3 Å². The molecule has 6 atom stereocenters. The van der Waals surface area contributed by atoms with E-state index >= 15 is 0 Å². The summed E-state index contributed by atoms with van der Waals surface area (Å²) in [5.74, 6) is -0.728. The second-order valence-corrected chi connectivity index (χ2v) is 28.7. The quantitative estimate of drug-likeness (QED) is 0.0733. The van der Waals surface area contributed by atoms with Crippen LogP contribution in [0.2, 0.25) is 0 Å². The highest BCUT2D eigenvalue weighted by Crippen LogP contribution is 2.41. The Morgan fingerprint density at radius 1 is 0.500 bits per heavy atom. The molecule has 0 aliphatic carbocycles. The van der Waals surface area contributed by atoms with E-state index in [0.717, 1.165) is 71.2 Å². The lowest BCUT2D eigenvalue weighted by Gasteiger charge is -2.45.